The van der Waals surface area contributed by atoms with Crippen LogP contribution in [-0.4, -0.2) is 74.0 Å². The molecule has 1 fully saturated rings. The molecule has 1 aliphatic rings. The summed E-state index contributed by atoms with van der Waals surface area (Å²) in [5.41, 5.74) is 0.370. The predicted octanol–water partition coefficient (Wildman–Crippen LogP) is 2.15. The van der Waals surface area contributed by atoms with Crippen molar-refractivity contribution in [3.8, 4) is 0 Å². The van der Waals surface area contributed by atoms with Gasteiger partial charge in [-0.2, -0.15) is 0 Å². The molecule has 6 nitrogen and oxygen atoms in total. The van der Waals surface area contributed by atoms with Gasteiger partial charge < -0.3 is 15.5 Å². The van der Waals surface area contributed by atoms with Gasteiger partial charge in [-0.05, 0) is 25.2 Å². The van der Waals surface area contributed by atoms with E-state index in [0.717, 1.165) is 51.6 Å². The van der Waals surface area contributed by atoms with Crippen LogP contribution in [-0.2, 0) is 4.79 Å². The van der Waals surface area contributed by atoms with Crippen LogP contribution in [0.2, 0.25) is 0 Å². The first-order valence-electron chi connectivity index (χ1n) is 9.16. The van der Waals surface area contributed by atoms with E-state index in [0.29, 0.717) is 11.5 Å². The zero-order chi connectivity index (χ0) is 18.2. The minimum Gasteiger partial charge on any atom is -0.355 e. The van der Waals surface area contributed by atoms with Crippen molar-refractivity contribution in [1.29, 1.82) is 0 Å². The van der Waals surface area contributed by atoms with E-state index in [1.807, 2.05) is 11.9 Å². The molecule has 0 bridgehead atoms. The van der Waals surface area contributed by atoms with E-state index >= 15 is 0 Å². The summed E-state index contributed by atoms with van der Waals surface area (Å²) >= 11 is 0. The van der Waals surface area contributed by atoms with Crippen LogP contribution >= 0.6 is 24.0 Å². The van der Waals surface area contributed by atoms with E-state index in [1.165, 1.54) is 6.42 Å². The van der Waals surface area contributed by atoms with Gasteiger partial charge in [0.1, 0.15) is 0 Å². The molecule has 0 aromatic rings. The van der Waals surface area contributed by atoms with Gasteiger partial charge in [-0.15, -0.1) is 24.0 Å². The quantitative estimate of drug-likeness (QED) is 0.357. The molecule has 1 saturated heterocycles. The molecule has 25 heavy (non-hydrogen) atoms. The number of hydrogen-bond donors (Lipinski definition) is 2. The first-order chi connectivity index (χ1) is 11.2. The van der Waals surface area contributed by atoms with Crippen molar-refractivity contribution in [2.45, 2.75) is 53.5 Å². The number of nitrogens with zero attached hydrogens (tertiary/aromatic N) is 3. The molecule has 1 amide bonds. The van der Waals surface area contributed by atoms with E-state index in [-0.39, 0.29) is 29.9 Å². The maximum Gasteiger partial charge on any atom is 0.219 e. The summed E-state index contributed by atoms with van der Waals surface area (Å²) in [6, 6.07) is 0.412. The van der Waals surface area contributed by atoms with Crippen LogP contribution in [0, 0.1) is 5.41 Å². The Kier molecular flexibility index (Phi) is 11.7. The van der Waals surface area contributed by atoms with Crippen LogP contribution in [0.5, 0.6) is 0 Å². The monoisotopic (exact) mass is 467 g/mol. The zero-order valence-corrected chi connectivity index (χ0v) is 19.2. The Labute approximate surface area is 171 Å². The third-order valence-electron chi connectivity index (χ3n) is 4.47. The lowest BCUT2D eigenvalue weighted by atomic mass is 9.89. The third kappa shape index (κ3) is 10.9. The molecule has 1 rings (SSSR count). The highest BCUT2D eigenvalue weighted by atomic mass is 127. The standard InChI is InChI=1S/C18H37N5O.HI/c1-15(7-8-18(3,4)5)21-17(19-6)20-9-10-22-11-13-23(14-12-22)16(2)24;/h15H,7-14H2,1-6H3,(H2,19,20,21);1H. The summed E-state index contributed by atoms with van der Waals surface area (Å²) in [5, 5.41) is 6.86. The molecule has 1 atom stereocenters. The number of carbonyl (C=O) groups is 1. The van der Waals surface area contributed by atoms with Crippen LogP contribution in [0.4, 0.5) is 0 Å². The number of nitrogens with one attached hydrogen (secondary N) is 2. The van der Waals surface area contributed by atoms with Crippen molar-refractivity contribution < 1.29 is 4.79 Å². The number of amides is 1. The van der Waals surface area contributed by atoms with Gasteiger partial charge in [0.15, 0.2) is 5.96 Å². The normalized spacial score (nSPS) is 17.7. The second-order valence-electron chi connectivity index (χ2n) is 7.99. The molecule has 0 aromatic carbocycles. The number of aliphatic imine (C=N–C) groups is 1. The number of rotatable bonds is 6. The summed E-state index contributed by atoms with van der Waals surface area (Å²) in [6.45, 7) is 16.1. The summed E-state index contributed by atoms with van der Waals surface area (Å²) in [4.78, 5) is 20.0. The van der Waals surface area contributed by atoms with E-state index in [9.17, 15) is 4.79 Å². The molecule has 0 radical (unpaired) electrons. The summed E-state index contributed by atoms with van der Waals surface area (Å²) in [5.74, 6) is 1.06. The highest BCUT2D eigenvalue weighted by Crippen LogP contribution is 2.21. The number of hydrogen-bond acceptors (Lipinski definition) is 3. The molecule has 0 aromatic heterocycles. The van der Waals surface area contributed by atoms with Crippen molar-refractivity contribution in [3.05, 3.63) is 0 Å². The Bertz CT molecular complexity index is 414. The first kappa shape index (κ1) is 24.4. The molecule has 1 unspecified atom stereocenters. The highest BCUT2D eigenvalue weighted by Gasteiger charge is 2.18. The third-order valence-corrected chi connectivity index (χ3v) is 4.47. The van der Waals surface area contributed by atoms with Crippen LogP contribution in [0.1, 0.15) is 47.5 Å². The molecule has 2 N–H and O–H groups in total. The number of guanidine groups is 1. The fourth-order valence-corrected chi connectivity index (χ4v) is 2.77. The van der Waals surface area contributed by atoms with Crippen LogP contribution in [0.25, 0.3) is 0 Å². The van der Waals surface area contributed by atoms with Gasteiger partial charge >= 0.3 is 0 Å². The number of halogens is 1. The lowest BCUT2D eigenvalue weighted by Crippen LogP contribution is -2.50. The summed E-state index contributed by atoms with van der Waals surface area (Å²) < 4.78 is 0. The Morgan fingerprint density at radius 1 is 1.20 bits per heavy atom. The van der Waals surface area contributed by atoms with Crippen LogP contribution < -0.4 is 10.6 Å². The Hall–Kier alpha value is -0.570. The van der Waals surface area contributed by atoms with Gasteiger partial charge in [-0.25, -0.2) is 0 Å². The second kappa shape index (κ2) is 11.9. The van der Waals surface area contributed by atoms with Gasteiger partial charge in [-0.3, -0.25) is 14.7 Å². The molecule has 148 valence electrons. The average Bonchev–Trinajstić information content (AvgIpc) is 2.51. The average molecular weight is 467 g/mol. The Balaban J connectivity index is 0.00000576. The molecular formula is C18H38IN5O. The van der Waals surface area contributed by atoms with Gasteiger partial charge in [-0.1, -0.05) is 20.8 Å². The van der Waals surface area contributed by atoms with E-state index in [1.54, 1.807) is 6.92 Å². The maximum atomic E-state index is 11.3. The zero-order valence-electron chi connectivity index (χ0n) is 16.9. The fourth-order valence-electron chi connectivity index (χ4n) is 2.77. The van der Waals surface area contributed by atoms with Gasteiger partial charge in [0.05, 0.1) is 0 Å². The van der Waals surface area contributed by atoms with E-state index in [2.05, 4.69) is 48.2 Å². The van der Waals surface area contributed by atoms with Crippen molar-refractivity contribution in [2.75, 3.05) is 46.3 Å². The minimum absolute atomic E-state index is 0. The van der Waals surface area contributed by atoms with Gasteiger partial charge in [0, 0.05) is 59.3 Å². The molecule has 0 spiro atoms. The molecule has 7 heteroatoms. The first-order valence-corrected chi connectivity index (χ1v) is 9.16. The summed E-state index contributed by atoms with van der Waals surface area (Å²) in [7, 11) is 1.82. The smallest absolute Gasteiger partial charge is 0.219 e. The topological polar surface area (TPSA) is 60.0 Å². The Morgan fingerprint density at radius 2 is 1.80 bits per heavy atom. The van der Waals surface area contributed by atoms with Gasteiger partial charge in [0.25, 0.3) is 0 Å². The molecule has 0 saturated carbocycles. The number of carbonyl (C=O) groups excluding carboxylic acids is 1. The van der Waals surface area contributed by atoms with Crippen LogP contribution in [0.15, 0.2) is 4.99 Å². The van der Waals surface area contributed by atoms with Crippen molar-refractivity contribution >= 4 is 35.8 Å². The Morgan fingerprint density at radius 3 is 2.28 bits per heavy atom. The minimum atomic E-state index is 0. The van der Waals surface area contributed by atoms with Crippen molar-refractivity contribution in [2.24, 2.45) is 10.4 Å². The second-order valence-corrected chi connectivity index (χ2v) is 7.99. The maximum absolute atomic E-state index is 11.3. The lowest BCUT2D eigenvalue weighted by Gasteiger charge is -2.34. The fraction of sp³-hybridized carbons (Fsp3) is 0.889. The van der Waals surface area contributed by atoms with Crippen molar-refractivity contribution in [1.82, 2.24) is 20.4 Å². The van der Waals surface area contributed by atoms with Crippen molar-refractivity contribution in [3.63, 3.8) is 0 Å². The highest BCUT2D eigenvalue weighted by molar-refractivity contribution is 14.0. The predicted molar refractivity (Wildman–Crippen MR) is 117 cm³/mol. The van der Waals surface area contributed by atoms with Crippen LogP contribution in [0.3, 0.4) is 0 Å². The molecule has 0 aliphatic carbocycles. The molecule has 1 heterocycles. The molecule has 1 aliphatic heterocycles. The number of piperazine rings is 1. The van der Waals surface area contributed by atoms with Gasteiger partial charge in [0.2, 0.25) is 5.91 Å². The molecular weight excluding hydrogens is 429 g/mol. The van der Waals surface area contributed by atoms with E-state index < -0.39 is 0 Å². The van der Waals surface area contributed by atoms with E-state index in [4.69, 9.17) is 0 Å². The SMILES string of the molecule is CN=C(NCCN1CCN(C(C)=O)CC1)NC(C)CCC(C)(C)C.I. The lowest BCUT2D eigenvalue weighted by molar-refractivity contribution is -0.130. The summed E-state index contributed by atoms with van der Waals surface area (Å²) in [6.07, 6.45) is 2.33. The largest absolute Gasteiger partial charge is 0.355 e.